The number of aryl methyl sites for hydroxylation is 2. The summed E-state index contributed by atoms with van der Waals surface area (Å²) < 4.78 is 7.05. The molecule has 1 saturated heterocycles. The molecule has 0 bridgehead atoms. The lowest BCUT2D eigenvalue weighted by Crippen LogP contribution is -2.29. The van der Waals surface area contributed by atoms with Crippen LogP contribution in [0.5, 0.6) is 5.75 Å². The lowest BCUT2D eigenvalue weighted by atomic mass is 10.1. The van der Waals surface area contributed by atoms with Gasteiger partial charge in [-0.3, -0.25) is 14.5 Å². The van der Waals surface area contributed by atoms with E-state index in [1.807, 2.05) is 36.6 Å². The Balaban J connectivity index is 1.81. The third-order valence-electron chi connectivity index (χ3n) is 5.47. The second-order valence-electron chi connectivity index (χ2n) is 7.88. The molecule has 1 aliphatic rings. The zero-order valence-corrected chi connectivity index (χ0v) is 17.7. The molecule has 1 aromatic heterocycles. The van der Waals surface area contributed by atoms with Gasteiger partial charge in [-0.15, -0.1) is 0 Å². The molecule has 156 valence electrons. The van der Waals surface area contributed by atoms with Crippen LogP contribution >= 0.6 is 0 Å². The zero-order chi connectivity index (χ0) is 20.8. The van der Waals surface area contributed by atoms with E-state index in [9.17, 15) is 9.59 Å². The summed E-state index contributed by atoms with van der Waals surface area (Å²) in [7, 11) is 1.48. The Hall–Kier alpha value is -2.60. The van der Waals surface area contributed by atoms with E-state index in [1.165, 1.54) is 32.8 Å². The van der Waals surface area contributed by atoms with E-state index < -0.39 is 0 Å². The number of rotatable bonds is 6. The van der Waals surface area contributed by atoms with E-state index in [2.05, 4.69) is 10.2 Å². The summed E-state index contributed by atoms with van der Waals surface area (Å²) in [6.07, 6.45) is 6.51. The second kappa shape index (κ2) is 9.74. The summed E-state index contributed by atoms with van der Waals surface area (Å²) in [5.74, 6) is 0.130. The number of amides is 1. The molecule has 2 heterocycles. The predicted octanol–water partition coefficient (Wildman–Crippen LogP) is 3.49. The lowest BCUT2D eigenvalue weighted by molar-refractivity contribution is -0.116. The van der Waals surface area contributed by atoms with E-state index in [0.717, 1.165) is 35.6 Å². The number of likely N-dealkylation sites (tertiary alicyclic amines) is 1. The summed E-state index contributed by atoms with van der Waals surface area (Å²) in [4.78, 5) is 27.5. The molecule has 1 amide bonds. The Morgan fingerprint density at radius 1 is 1.10 bits per heavy atom. The highest BCUT2D eigenvalue weighted by Gasteiger charge is 2.15. The summed E-state index contributed by atoms with van der Waals surface area (Å²) in [5, 5.41) is 3.00. The molecule has 1 aliphatic heterocycles. The number of anilines is 1. The smallest absolute Gasteiger partial charge is 0.244 e. The molecule has 1 N–H and O–H groups in total. The molecule has 0 atom stereocenters. The monoisotopic (exact) mass is 397 g/mol. The number of carbonyl (C=O) groups is 1. The highest BCUT2D eigenvalue weighted by molar-refractivity contribution is 5.91. The van der Waals surface area contributed by atoms with Gasteiger partial charge in [-0.05, 0) is 57.0 Å². The van der Waals surface area contributed by atoms with Crippen molar-refractivity contribution in [1.29, 1.82) is 0 Å². The molecule has 3 rings (SSSR count). The molecule has 0 saturated carbocycles. The molecule has 6 heteroatoms. The topological polar surface area (TPSA) is 63.6 Å². The van der Waals surface area contributed by atoms with Gasteiger partial charge >= 0.3 is 0 Å². The Morgan fingerprint density at radius 3 is 2.52 bits per heavy atom. The first-order valence-corrected chi connectivity index (χ1v) is 10.3. The molecule has 0 aliphatic carbocycles. The largest absolute Gasteiger partial charge is 0.491 e. The number of pyridine rings is 1. The van der Waals surface area contributed by atoms with Crippen molar-refractivity contribution < 1.29 is 9.53 Å². The number of nitrogens with zero attached hydrogens (tertiary/aromatic N) is 2. The SMILES string of the molecule is COc1cn(CC(=O)Nc2cc(C)ccc2C)c(CN2CCCCCC2)cc1=O. The normalized spacial score (nSPS) is 15.0. The third kappa shape index (κ3) is 5.70. The van der Waals surface area contributed by atoms with Gasteiger partial charge in [0.25, 0.3) is 0 Å². The van der Waals surface area contributed by atoms with Gasteiger partial charge in [-0.1, -0.05) is 25.0 Å². The van der Waals surface area contributed by atoms with Crippen LogP contribution in [0.25, 0.3) is 0 Å². The number of hydrogen-bond acceptors (Lipinski definition) is 4. The van der Waals surface area contributed by atoms with Gasteiger partial charge in [0.2, 0.25) is 11.3 Å². The van der Waals surface area contributed by atoms with E-state index in [4.69, 9.17) is 4.74 Å². The molecule has 1 fully saturated rings. The minimum absolute atomic E-state index is 0.124. The Bertz CT molecular complexity index is 912. The second-order valence-corrected chi connectivity index (χ2v) is 7.88. The van der Waals surface area contributed by atoms with Gasteiger partial charge in [-0.25, -0.2) is 0 Å². The van der Waals surface area contributed by atoms with Crippen LogP contribution in [-0.4, -0.2) is 35.6 Å². The molecule has 0 spiro atoms. The fourth-order valence-corrected chi connectivity index (χ4v) is 3.77. The van der Waals surface area contributed by atoms with Crippen LogP contribution in [-0.2, 0) is 17.9 Å². The van der Waals surface area contributed by atoms with E-state index in [0.29, 0.717) is 6.54 Å². The number of benzene rings is 1. The lowest BCUT2D eigenvalue weighted by Gasteiger charge is -2.23. The van der Waals surface area contributed by atoms with Crippen LogP contribution in [0.15, 0.2) is 35.3 Å². The van der Waals surface area contributed by atoms with Gasteiger partial charge in [-0.2, -0.15) is 0 Å². The minimum Gasteiger partial charge on any atom is -0.491 e. The number of methoxy groups -OCH3 is 1. The highest BCUT2D eigenvalue weighted by atomic mass is 16.5. The fourth-order valence-electron chi connectivity index (χ4n) is 3.77. The Morgan fingerprint density at radius 2 is 1.83 bits per heavy atom. The summed E-state index contributed by atoms with van der Waals surface area (Å²) >= 11 is 0. The van der Waals surface area contributed by atoms with Crippen molar-refractivity contribution in [2.24, 2.45) is 0 Å². The van der Waals surface area contributed by atoms with E-state index >= 15 is 0 Å². The molecule has 1 aromatic carbocycles. The first-order chi connectivity index (χ1) is 14.0. The van der Waals surface area contributed by atoms with Crippen LogP contribution in [0.1, 0.15) is 42.5 Å². The number of hydrogen-bond donors (Lipinski definition) is 1. The molecule has 0 radical (unpaired) electrons. The summed E-state index contributed by atoms with van der Waals surface area (Å²) in [6, 6.07) is 7.60. The van der Waals surface area contributed by atoms with Crippen molar-refractivity contribution in [2.45, 2.75) is 52.6 Å². The molecule has 29 heavy (non-hydrogen) atoms. The summed E-state index contributed by atoms with van der Waals surface area (Å²) in [6.45, 7) is 6.82. The van der Waals surface area contributed by atoms with Gasteiger partial charge in [0, 0.05) is 24.0 Å². The Kier molecular flexibility index (Phi) is 7.09. The van der Waals surface area contributed by atoms with Crippen LogP contribution < -0.4 is 15.5 Å². The van der Waals surface area contributed by atoms with Crippen molar-refractivity contribution in [3.05, 3.63) is 57.5 Å². The summed E-state index contributed by atoms with van der Waals surface area (Å²) in [5.41, 5.74) is 3.62. The maximum atomic E-state index is 12.8. The minimum atomic E-state index is -0.150. The molecule has 2 aromatic rings. The van der Waals surface area contributed by atoms with Gasteiger partial charge in [0.1, 0.15) is 6.54 Å². The maximum Gasteiger partial charge on any atom is 0.244 e. The molecule has 0 unspecified atom stereocenters. The van der Waals surface area contributed by atoms with Crippen molar-refractivity contribution in [1.82, 2.24) is 9.47 Å². The van der Waals surface area contributed by atoms with Crippen molar-refractivity contribution in [2.75, 3.05) is 25.5 Å². The number of nitrogens with one attached hydrogen (secondary N) is 1. The maximum absolute atomic E-state index is 12.8. The standard InChI is InChI=1S/C23H31N3O3/c1-17-8-9-18(2)20(12-17)24-23(28)16-26-15-22(29-3)21(27)13-19(26)14-25-10-6-4-5-7-11-25/h8-9,12-13,15H,4-7,10-11,14,16H2,1-3H3,(H,24,28). The third-order valence-corrected chi connectivity index (χ3v) is 5.47. The van der Waals surface area contributed by atoms with Gasteiger partial charge in [0.15, 0.2) is 5.75 Å². The molecular formula is C23H31N3O3. The van der Waals surface area contributed by atoms with Gasteiger partial charge in [0.05, 0.1) is 13.3 Å². The van der Waals surface area contributed by atoms with Crippen LogP contribution in [0.4, 0.5) is 5.69 Å². The number of carbonyl (C=O) groups excluding carboxylic acids is 1. The zero-order valence-electron chi connectivity index (χ0n) is 17.7. The Labute approximate surface area is 172 Å². The number of aromatic nitrogens is 1. The van der Waals surface area contributed by atoms with E-state index in [1.54, 1.807) is 12.3 Å². The quantitative estimate of drug-likeness (QED) is 0.810. The van der Waals surface area contributed by atoms with Crippen molar-refractivity contribution in [3.8, 4) is 5.75 Å². The van der Waals surface area contributed by atoms with Crippen LogP contribution in [0.3, 0.4) is 0 Å². The molecule has 6 nitrogen and oxygen atoms in total. The first-order valence-electron chi connectivity index (χ1n) is 10.3. The van der Waals surface area contributed by atoms with E-state index in [-0.39, 0.29) is 23.6 Å². The highest BCUT2D eigenvalue weighted by Crippen LogP contribution is 2.18. The average Bonchev–Trinajstić information content (AvgIpc) is 2.95. The number of ether oxygens (including phenoxy) is 1. The average molecular weight is 398 g/mol. The first kappa shape index (κ1) is 21.1. The van der Waals surface area contributed by atoms with Crippen molar-refractivity contribution >= 4 is 11.6 Å². The molecular weight excluding hydrogens is 366 g/mol. The van der Waals surface area contributed by atoms with Crippen LogP contribution in [0.2, 0.25) is 0 Å². The van der Waals surface area contributed by atoms with Crippen molar-refractivity contribution in [3.63, 3.8) is 0 Å². The van der Waals surface area contributed by atoms with Gasteiger partial charge < -0.3 is 14.6 Å². The fraction of sp³-hybridized carbons (Fsp3) is 0.478. The predicted molar refractivity (Wildman–Crippen MR) is 116 cm³/mol. The van der Waals surface area contributed by atoms with Crippen LogP contribution in [0, 0.1) is 13.8 Å².